The first kappa shape index (κ1) is 18.5. The van der Waals surface area contributed by atoms with Gasteiger partial charge in [-0.25, -0.2) is 14.4 Å². The summed E-state index contributed by atoms with van der Waals surface area (Å²) in [5.41, 5.74) is 4.67. The molecule has 0 fully saturated rings. The number of nitrogens with zero attached hydrogens (tertiary/aromatic N) is 4. The fourth-order valence-corrected chi connectivity index (χ4v) is 4.59. The van der Waals surface area contributed by atoms with Crippen LogP contribution < -0.4 is 5.32 Å². The van der Waals surface area contributed by atoms with Crippen molar-refractivity contribution in [1.29, 1.82) is 0 Å². The Bertz CT molecular complexity index is 1400. The number of fused-ring (bicyclic) bond motifs is 2. The van der Waals surface area contributed by atoms with Gasteiger partial charge in [-0.15, -0.1) is 0 Å². The minimum absolute atomic E-state index is 0.163. The Morgan fingerprint density at radius 2 is 1.90 bits per heavy atom. The number of rotatable bonds is 4. The molecule has 30 heavy (non-hydrogen) atoms. The van der Waals surface area contributed by atoms with Gasteiger partial charge in [0.05, 0.1) is 17.9 Å². The highest BCUT2D eigenvalue weighted by Crippen LogP contribution is 2.27. The van der Waals surface area contributed by atoms with Gasteiger partial charge in [0.15, 0.2) is 4.96 Å². The maximum absolute atomic E-state index is 13.2. The van der Waals surface area contributed by atoms with Gasteiger partial charge in [-0.05, 0) is 50.2 Å². The second-order valence-electron chi connectivity index (χ2n) is 7.05. The van der Waals surface area contributed by atoms with Crippen molar-refractivity contribution in [2.75, 3.05) is 0 Å². The summed E-state index contributed by atoms with van der Waals surface area (Å²) in [5, 5.41) is 3.01. The summed E-state index contributed by atoms with van der Waals surface area (Å²) in [4.78, 5) is 23.8. The zero-order chi connectivity index (χ0) is 20.8. The number of aryl methyl sites for hydroxylation is 2. The maximum atomic E-state index is 13.2. The number of amides is 1. The van der Waals surface area contributed by atoms with Crippen LogP contribution in [0.4, 0.5) is 4.39 Å². The zero-order valence-electron chi connectivity index (χ0n) is 16.4. The molecule has 1 aromatic carbocycles. The number of pyridine rings is 1. The number of thiazole rings is 1. The number of imidazole rings is 2. The monoisotopic (exact) mass is 419 g/mol. The smallest absolute Gasteiger partial charge is 0.270 e. The van der Waals surface area contributed by atoms with Crippen LogP contribution in [-0.4, -0.2) is 24.7 Å². The molecular formula is C22H18FN5OS. The molecule has 4 aromatic heterocycles. The molecule has 150 valence electrons. The molecule has 0 saturated heterocycles. The van der Waals surface area contributed by atoms with E-state index in [1.54, 1.807) is 16.5 Å². The lowest BCUT2D eigenvalue weighted by Crippen LogP contribution is -2.24. The summed E-state index contributed by atoms with van der Waals surface area (Å²) < 4.78 is 17.0. The van der Waals surface area contributed by atoms with Crippen LogP contribution >= 0.6 is 11.3 Å². The fraction of sp³-hybridized carbons (Fsp3) is 0.136. The molecule has 4 heterocycles. The number of benzene rings is 1. The molecule has 0 unspecified atom stereocenters. The van der Waals surface area contributed by atoms with Gasteiger partial charge in [0.2, 0.25) is 0 Å². The average Bonchev–Trinajstić information content (AvgIpc) is 3.38. The molecule has 6 nitrogen and oxygen atoms in total. The quantitative estimate of drug-likeness (QED) is 0.470. The summed E-state index contributed by atoms with van der Waals surface area (Å²) in [6.07, 6.45) is 3.78. The Morgan fingerprint density at radius 1 is 1.10 bits per heavy atom. The molecule has 5 aromatic rings. The molecule has 0 spiro atoms. The van der Waals surface area contributed by atoms with Crippen molar-refractivity contribution in [3.05, 3.63) is 82.6 Å². The van der Waals surface area contributed by atoms with Crippen LogP contribution in [0.2, 0.25) is 0 Å². The second-order valence-corrected chi connectivity index (χ2v) is 8.12. The summed E-state index contributed by atoms with van der Waals surface area (Å²) >= 11 is 1.53. The van der Waals surface area contributed by atoms with Gasteiger partial charge in [-0.1, -0.05) is 17.4 Å². The number of aromatic nitrogens is 4. The Morgan fingerprint density at radius 3 is 2.67 bits per heavy atom. The van der Waals surface area contributed by atoms with Crippen LogP contribution in [0.25, 0.3) is 21.9 Å². The van der Waals surface area contributed by atoms with Crippen molar-refractivity contribution in [3.63, 3.8) is 0 Å². The lowest BCUT2D eigenvalue weighted by atomic mass is 10.2. The van der Waals surface area contributed by atoms with E-state index in [-0.39, 0.29) is 11.7 Å². The van der Waals surface area contributed by atoms with Gasteiger partial charge in [-0.3, -0.25) is 13.6 Å². The number of carbonyl (C=O) groups excluding carboxylic acids is 1. The van der Waals surface area contributed by atoms with Gasteiger partial charge >= 0.3 is 0 Å². The minimum Gasteiger partial charge on any atom is -0.346 e. The average molecular weight is 419 g/mol. The first-order valence-electron chi connectivity index (χ1n) is 9.46. The van der Waals surface area contributed by atoms with E-state index >= 15 is 0 Å². The molecule has 1 N–H and O–H groups in total. The third-order valence-electron chi connectivity index (χ3n) is 5.12. The SMILES string of the molecule is Cc1nc2ccccn2c1C(=O)NCc1sc2nc(-c3ccc(F)cc3)cn2c1C. The number of carbonyl (C=O) groups is 1. The summed E-state index contributed by atoms with van der Waals surface area (Å²) in [7, 11) is 0. The molecule has 0 saturated carbocycles. The largest absolute Gasteiger partial charge is 0.346 e. The van der Waals surface area contributed by atoms with Crippen molar-refractivity contribution in [1.82, 2.24) is 24.1 Å². The van der Waals surface area contributed by atoms with Crippen LogP contribution in [0.1, 0.15) is 26.8 Å². The van der Waals surface area contributed by atoms with E-state index in [2.05, 4.69) is 15.3 Å². The Hall–Kier alpha value is -3.52. The standard InChI is InChI=1S/C22H18FN5OS/c1-13-20(27-10-4-3-5-19(27)25-13)21(29)24-11-18-14(2)28-12-17(26-22(28)30-18)15-6-8-16(23)9-7-15/h3-10,12H,11H2,1-2H3,(H,24,29). The van der Waals surface area contributed by atoms with E-state index in [0.717, 1.165) is 32.4 Å². The molecule has 0 bridgehead atoms. The molecule has 0 radical (unpaired) electrons. The maximum Gasteiger partial charge on any atom is 0.270 e. The highest BCUT2D eigenvalue weighted by Gasteiger charge is 2.18. The van der Waals surface area contributed by atoms with Crippen molar-refractivity contribution in [3.8, 4) is 11.3 Å². The number of nitrogens with one attached hydrogen (secondary N) is 1. The van der Waals surface area contributed by atoms with Crippen molar-refractivity contribution >= 4 is 27.9 Å². The first-order valence-corrected chi connectivity index (χ1v) is 10.3. The molecule has 0 atom stereocenters. The van der Waals surface area contributed by atoms with E-state index in [1.807, 2.05) is 48.8 Å². The van der Waals surface area contributed by atoms with Crippen molar-refractivity contribution < 1.29 is 9.18 Å². The Balaban J connectivity index is 1.38. The molecule has 8 heteroatoms. The summed E-state index contributed by atoms with van der Waals surface area (Å²) in [6.45, 7) is 4.24. The van der Waals surface area contributed by atoms with E-state index in [4.69, 9.17) is 0 Å². The van der Waals surface area contributed by atoms with E-state index in [9.17, 15) is 9.18 Å². The van der Waals surface area contributed by atoms with Crippen LogP contribution in [0.15, 0.2) is 54.9 Å². The zero-order valence-corrected chi connectivity index (χ0v) is 17.2. The fourth-order valence-electron chi connectivity index (χ4n) is 3.55. The van der Waals surface area contributed by atoms with E-state index in [0.29, 0.717) is 17.9 Å². The Kier molecular flexibility index (Phi) is 4.36. The van der Waals surface area contributed by atoms with Crippen LogP contribution in [-0.2, 0) is 6.54 Å². The van der Waals surface area contributed by atoms with Gasteiger partial charge < -0.3 is 5.32 Å². The third-order valence-corrected chi connectivity index (χ3v) is 6.28. The highest BCUT2D eigenvalue weighted by molar-refractivity contribution is 7.17. The predicted molar refractivity (Wildman–Crippen MR) is 114 cm³/mol. The molecule has 0 aliphatic carbocycles. The summed E-state index contributed by atoms with van der Waals surface area (Å²) in [6, 6.07) is 11.9. The summed E-state index contributed by atoms with van der Waals surface area (Å²) in [5.74, 6) is -0.432. The van der Waals surface area contributed by atoms with Crippen LogP contribution in [0.5, 0.6) is 0 Å². The van der Waals surface area contributed by atoms with Gasteiger partial charge in [-0.2, -0.15) is 0 Å². The molecule has 5 rings (SSSR count). The number of halogens is 1. The lowest BCUT2D eigenvalue weighted by molar-refractivity contribution is 0.0944. The second kappa shape index (κ2) is 7.07. The Labute approximate surface area is 175 Å². The van der Waals surface area contributed by atoms with Gasteiger partial charge in [0.25, 0.3) is 5.91 Å². The van der Waals surface area contributed by atoms with Crippen LogP contribution in [0.3, 0.4) is 0 Å². The van der Waals surface area contributed by atoms with Gasteiger partial charge in [0, 0.05) is 28.5 Å². The minimum atomic E-state index is -0.268. The number of hydrogen-bond acceptors (Lipinski definition) is 4. The number of hydrogen-bond donors (Lipinski definition) is 1. The first-order chi connectivity index (χ1) is 14.5. The third kappa shape index (κ3) is 3.05. The van der Waals surface area contributed by atoms with Gasteiger partial charge in [0.1, 0.15) is 17.2 Å². The lowest BCUT2D eigenvalue weighted by Gasteiger charge is -2.05. The van der Waals surface area contributed by atoms with Crippen LogP contribution in [0, 0.1) is 19.7 Å². The normalized spacial score (nSPS) is 11.4. The highest BCUT2D eigenvalue weighted by atomic mass is 32.1. The topological polar surface area (TPSA) is 63.7 Å². The predicted octanol–water partition coefficient (Wildman–Crippen LogP) is 4.40. The molecule has 1 amide bonds. The van der Waals surface area contributed by atoms with E-state index < -0.39 is 0 Å². The molecular weight excluding hydrogens is 401 g/mol. The van der Waals surface area contributed by atoms with E-state index in [1.165, 1.54) is 23.5 Å². The van der Waals surface area contributed by atoms with Crippen molar-refractivity contribution in [2.24, 2.45) is 0 Å². The molecule has 0 aliphatic rings. The molecule has 0 aliphatic heterocycles. The van der Waals surface area contributed by atoms with Crippen molar-refractivity contribution in [2.45, 2.75) is 20.4 Å².